The van der Waals surface area contributed by atoms with E-state index in [1.807, 2.05) is 6.07 Å². The fourth-order valence-electron chi connectivity index (χ4n) is 2.99. The summed E-state index contributed by atoms with van der Waals surface area (Å²) in [6.07, 6.45) is 4.35. The number of pyridine rings is 1. The zero-order valence-corrected chi connectivity index (χ0v) is 18.0. The number of carbonyl (C=O) groups excluding carboxylic acids is 2. The topological polar surface area (TPSA) is 109 Å². The van der Waals surface area contributed by atoms with Gasteiger partial charge >= 0.3 is 12.1 Å². The van der Waals surface area contributed by atoms with Crippen LogP contribution in [0.15, 0.2) is 40.9 Å². The smallest absolute Gasteiger partial charge is 0.408 e. The zero-order chi connectivity index (χ0) is 21.2. The number of rotatable bonds is 5. The van der Waals surface area contributed by atoms with Gasteiger partial charge in [0, 0.05) is 29.6 Å². The van der Waals surface area contributed by atoms with E-state index in [1.165, 1.54) is 28.4 Å². The molecule has 2 N–H and O–H groups in total. The van der Waals surface area contributed by atoms with E-state index in [-0.39, 0.29) is 17.8 Å². The first kappa shape index (κ1) is 21.5. The summed E-state index contributed by atoms with van der Waals surface area (Å²) >= 11 is 2.72. The molecule has 1 aromatic heterocycles. The number of nitrogens with zero attached hydrogens (tertiary/aromatic N) is 2. The number of alkyl carbamates (subject to hydrolysis) is 1. The average Bonchev–Trinajstić information content (AvgIpc) is 2.65. The van der Waals surface area contributed by atoms with Crippen LogP contribution in [0, 0.1) is 5.41 Å². The largest absolute Gasteiger partial charge is 0.481 e. The number of hydrogen-bond acceptors (Lipinski definition) is 7. The molecule has 2 fully saturated rings. The minimum atomic E-state index is -1.18. The van der Waals surface area contributed by atoms with Gasteiger partial charge in [-0.2, -0.15) is 0 Å². The summed E-state index contributed by atoms with van der Waals surface area (Å²) in [5, 5.41) is 13.9. The van der Waals surface area contributed by atoms with Crippen molar-refractivity contribution in [2.75, 3.05) is 12.3 Å². The van der Waals surface area contributed by atoms with Gasteiger partial charge in [0.25, 0.3) is 0 Å². The molecule has 29 heavy (non-hydrogen) atoms. The maximum atomic E-state index is 12.5. The Morgan fingerprint density at radius 3 is 2.86 bits per heavy atom. The molecule has 8 nitrogen and oxygen atoms in total. The summed E-state index contributed by atoms with van der Waals surface area (Å²) < 4.78 is 5.20. The summed E-state index contributed by atoms with van der Waals surface area (Å²) in [4.78, 5) is 42.9. The van der Waals surface area contributed by atoms with Crippen molar-refractivity contribution < 1.29 is 24.2 Å². The summed E-state index contributed by atoms with van der Waals surface area (Å²) in [5.41, 5.74) is -1.84. The minimum Gasteiger partial charge on any atom is -0.481 e. The number of β-lactam (4-membered cyclic amide) rings is 1. The van der Waals surface area contributed by atoms with E-state index >= 15 is 0 Å². The molecule has 3 rings (SSSR count). The van der Waals surface area contributed by atoms with Crippen LogP contribution in [0.25, 0.3) is 0 Å². The SMILES string of the molecule is CC(C)(C)OC(=O)NC1C(=O)N2CC(C=CSc3cccnc3)(C(=O)O)CS[C@H]12. The highest BCUT2D eigenvalue weighted by Crippen LogP contribution is 2.43. The maximum Gasteiger partial charge on any atom is 0.408 e. The van der Waals surface area contributed by atoms with Gasteiger partial charge in [0.15, 0.2) is 0 Å². The molecule has 156 valence electrons. The number of thioether (sulfide) groups is 2. The molecule has 0 radical (unpaired) electrons. The Morgan fingerprint density at radius 2 is 2.24 bits per heavy atom. The molecule has 2 amide bonds. The Kier molecular flexibility index (Phi) is 6.13. The van der Waals surface area contributed by atoms with Crippen LogP contribution in [-0.4, -0.2) is 62.3 Å². The quantitative estimate of drug-likeness (QED) is 0.534. The molecule has 0 bridgehead atoms. The summed E-state index contributed by atoms with van der Waals surface area (Å²) in [5.74, 6) is -0.984. The number of fused-ring (bicyclic) bond motifs is 1. The molecule has 3 atom stereocenters. The van der Waals surface area contributed by atoms with Crippen molar-refractivity contribution in [2.24, 2.45) is 5.41 Å². The molecule has 0 spiro atoms. The number of carboxylic acid groups (broad SMARTS) is 1. The van der Waals surface area contributed by atoms with Crippen LogP contribution in [0.4, 0.5) is 4.79 Å². The Hall–Kier alpha value is -2.20. The third-order valence-electron chi connectivity index (χ3n) is 4.43. The van der Waals surface area contributed by atoms with Crippen LogP contribution in [0.5, 0.6) is 0 Å². The maximum absolute atomic E-state index is 12.5. The number of aliphatic carboxylic acids is 1. The fourth-order valence-corrected chi connectivity index (χ4v) is 5.27. The third kappa shape index (κ3) is 4.87. The number of hydrogen-bond donors (Lipinski definition) is 2. The molecule has 2 aliphatic rings. The van der Waals surface area contributed by atoms with E-state index in [9.17, 15) is 19.5 Å². The normalized spacial score (nSPS) is 26.6. The highest BCUT2D eigenvalue weighted by atomic mass is 32.2. The number of carboxylic acids is 1. The van der Waals surface area contributed by atoms with Gasteiger partial charge in [-0.25, -0.2) is 4.79 Å². The molecular formula is C19H23N3O5S2. The molecule has 1 aromatic rings. The van der Waals surface area contributed by atoms with Crippen molar-refractivity contribution in [3.8, 4) is 0 Å². The van der Waals surface area contributed by atoms with Gasteiger partial charge in [0.2, 0.25) is 5.91 Å². The Labute approximate surface area is 177 Å². The monoisotopic (exact) mass is 437 g/mol. The average molecular weight is 438 g/mol. The first-order valence-corrected chi connectivity index (χ1v) is 10.9. The van der Waals surface area contributed by atoms with Crippen LogP contribution in [0.2, 0.25) is 0 Å². The Balaban J connectivity index is 1.63. The lowest BCUT2D eigenvalue weighted by Crippen LogP contribution is -2.73. The first-order valence-electron chi connectivity index (χ1n) is 9.01. The molecule has 2 unspecified atom stereocenters. The van der Waals surface area contributed by atoms with Crippen LogP contribution in [0.1, 0.15) is 20.8 Å². The second-order valence-electron chi connectivity index (χ2n) is 7.86. The second-order valence-corrected chi connectivity index (χ2v) is 9.95. The number of carbonyl (C=O) groups is 3. The summed E-state index contributed by atoms with van der Waals surface area (Å²) in [6, 6.07) is 2.99. The van der Waals surface area contributed by atoms with Crippen LogP contribution in [0.3, 0.4) is 0 Å². The van der Waals surface area contributed by atoms with E-state index in [0.717, 1.165) is 4.90 Å². The van der Waals surface area contributed by atoms with E-state index in [2.05, 4.69) is 10.3 Å². The molecular weight excluding hydrogens is 414 g/mol. The molecule has 2 aliphatic heterocycles. The van der Waals surface area contributed by atoms with Crippen LogP contribution < -0.4 is 5.32 Å². The Bertz CT molecular complexity index is 827. The number of ether oxygens (including phenoxy) is 1. The molecule has 2 saturated heterocycles. The number of amides is 2. The minimum absolute atomic E-state index is 0.0649. The van der Waals surface area contributed by atoms with E-state index < -0.39 is 29.1 Å². The van der Waals surface area contributed by atoms with Gasteiger partial charge in [0.05, 0.1) is 0 Å². The van der Waals surface area contributed by atoms with Crippen molar-refractivity contribution in [3.63, 3.8) is 0 Å². The van der Waals surface area contributed by atoms with Crippen molar-refractivity contribution in [1.82, 2.24) is 15.2 Å². The third-order valence-corrected chi connectivity index (χ3v) is 6.77. The van der Waals surface area contributed by atoms with E-state index in [1.54, 1.807) is 50.7 Å². The number of aromatic nitrogens is 1. The predicted octanol–water partition coefficient (Wildman–Crippen LogP) is 2.57. The highest BCUT2D eigenvalue weighted by molar-refractivity contribution is 8.02. The lowest BCUT2D eigenvalue weighted by atomic mass is 9.87. The standard InChI is InChI=1S/C19H23N3O5S2/c1-18(2,3)27-17(26)21-13-14(23)22-10-19(16(24)25,11-29-15(13)22)6-8-28-12-5-4-7-20-9-12/h4-9,13,15H,10-11H2,1-3H3,(H,21,26)(H,24,25)/t13?,15-,19?/m1/s1. The van der Waals surface area contributed by atoms with Crippen molar-refractivity contribution in [1.29, 1.82) is 0 Å². The van der Waals surface area contributed by atoms with Gasteiger partial charge in [0.1, 0.15) is 22.4 Å². The second kappa shape index (κ2) is 8.27. The molecule has 0 aromatic carbocycles. The van der Waals surface area contributed by atoms with E-state index in [0.29, 0.717) is 5.75 Å². The van der Waals surface area contributed by atoms with Crippen LogP contribution in [-0.2, 0) is 14.3 Å². The zero-order valence-electron chi connectivity index (χ0n) is 16.3. The van der Waals surface area contributed by atoms with Crippen molar-refractivity contribution >= 4 is 41.5 Å². The van der Waals surface area contributed by atoms with Crippen LogP contribution >= 0.6 is 23.5 Å². The van der Waals surface area contributed by atoms with Gasteiger partial charge in [-0.1, -0.05) is 17.8 Å². The molecule has 0 aliphatic carbocycles. The van der Waals surface area contributed by atoms with Crippen molar-refractivity contribution in [3.05, 3.63) is 36.0 Å². The van der Waals surface area contributed by atoms with E-state index in [4.69, 9.17) is 4.74 Å². The molecule has 3 heterocycles. The summed E-state index contributed by atoms with van der Waals surface area (Å²) in [6.45, 7) is 5.30. The predicted molar refractivity (Wildman–Crippen MR) is 110 cm³/mol. The van der Waals surface area contributed by atoms with Gasteiger partial charge in [-0.3, -0.25) is 14.6 Å². The Morgan fingerprint density at radius 1 is 1.48 bits per heavy atom. The highest BCUT2D eigenvalue weighted by Gasteiger charge is 2.57. The first-order chi connectivity index (χ1) is 13.6. The van der Waals surface area contributed by atoms with Gasteiger partial charge in [-0.15, -0.1) is 11.8 Å². The van der Waals surface area contributed by atoms with Gasteiger partial charge in [-0.05, 0) is 38.3 Å². The van der Waals surface area contributed by atoms with Gasteiger partial charge < -0.3 is 20.1 Å². The number of nitrogens with one attached hydrogen (secondary N) is 1. The molecule has 10 heteroatoms. The molecule has 0 saturated carbocycles. The summed E-state index contributed by atoms with van der Waals surface area (Å²) in [7, 11) is 0. The lowest BCUT2D eigenvalue weighted by molar-refractivity contribution is -0.154. The van der Waals surface area contributed by atoms with Crippen molar-refractivity contribution in [2.45, 2.75) is 42.7 Å². The lowest BCUT2D eigenvalue weighted by Gasteiger charge is -2.53. The fraction of sp³-hybridized carbons (Fsp3) is 0.474.